The van der Waals surface area contributed by atoms with Crippen LogP contribution in [0.15, 0.2) is 23.4 Å². The van der Waals surface area contributed by atoms with E-state index in [1.807, 2.05) is 6.07 Å². The van der Waals surface area contributed by atoms with Crippen molar-refractivity contribution in [2.24, 2.45) is 5.16 Å². The van der Waals surface area contributed by atoms with Gasteiger partial charge in [-0.3, -0.25) is 0 Å². The second-order valence-electron chi connectivity index (χ2n) is 3.14. The Morgan fingerprint density at radius 3 is 3.07 bits per heavy atom. The highest BCUT2D eigenvalue weighted by Crippen LogP contribution is 2.27. The molecule has 1 aromatic carbocycles. The normalized spacial score (nSPS) is 18.5. The topological polar surface area (TPSA) is 41.8 Å². The van der Waals surface area contributed by atoms with Gasteiger partial charge in [-0.15, -0.1) is 0 Å². The molecule has 0 bridgehead atoms. The summed E-state index contributed by atoms with van der Waals surface area (Å²) in [6.45, 7) is 0.631. The standard InChI is InChI=1S/C10H10ClNO2/c11-7-3-4-8-9(12-13)2-1-5-14-10(8)6-7/h3-4,6,13H,1-2,5H2. The fourth-order valence-corrected chi connectivity index (χ4v) is 1.68. The van der Waals surface area contributed by atoms with E-state index in [0.29, 0.717) is 23.1 Å². The van der Waals surface area contributed by atoms with Crippen molar-refractivity contribution < 1.29 is 9.94 Å². The van der Waals surface area contributed by atoms with Crippen molar-refractivity contribution in [2.75, 3.05) is 6.61 Å². The molecule has 0 amide bonds. The van der Waals surface area contributed by atoms with Gasteiger partial charge in [0.05, 0.1) is 12.3 Å². The zero-order valence-electron chi connectivity index (χ0n) is 7.53. The van der Waals surface area contributed by atoms with Gasteiger partial charge in [-0.25, -0.2) is 0 Å². The molecule has 1 aliphatic rings. The molecule has 0 saturated carbocycles. The quantitative estimate of drug-likeness (QED) is 0.530. The molecule has 2 rings (SSSR count). The summed E-state index contributed by atoms with van der Waals surface area (Å²) in [6, 6.07) is 5.33. The van der Waals surface area contributed by atoms with Crippen molar-refractivity contribution in [2.45, 2.75) is 12.8 Å². The number of hydrogen-bond acceptors (Lipinski definition) is 3. The summed E-state index contributed by atoms with van der Waals surface area (Å²) in [4.78, 5) is 0. The van der Waals surface area contributed by atoms with E-state index >= 15 is 0 Å². The fraction of sp³-hybridized carbons (Fsp3) is 0.300. The van der Waals surface area contributed by atoms with Crippen LogP contribution in [-0.4, -0.2) is 17.5 Å². The van der Waals surface area contributed by atoms with Crippen molar-refractivity contribution >= 4 is 17.3 Å². The lowest BCUT2D eigenvalue weighted by Crippen LogP contribution is -1.99. The first-order valence-electron chi connectivity index (χ1n) is 4.45. The Morgan fingerprint density at radius 2 is 2.29 bits per heavy atom. The van der Waals surface area contributed by atoms with Gasteiger partial charge in [-0.05, 0) is 31.0 Å². The fourth-order valence-electron chi connectivity index (χ4n) is 1.51. The highest BCUT2D eigenvalue weighted by Gasteiger charge is 2.15. The number of ether oxygens (including phenoxy) is 1. The molecule has 1 aromatic rings. The van der Waals surface area contributed by atoms with Crippen molar-refractivity contribution in [3.63, 3.8) is 0 Å². The molecule has 0 atom stereocenters. The average Bonchev–Trinajstić information content (AvgIpc) is 2.38. The van der Waals surface area contributed by atoms with Gasteiger partial charge >= 0.3 is 0 Å². The van der Waals surface area contributed by atoms with Gasteiger partial charge in [-0.2, -0.15) is 0 Å². The summed E-state index contributed by atoms with van der Waals surface area (Å²) in [6.07, 6.45) is 1.58. The number of halogens is 1. The van der Waals surface area contributed by atoms with Gasteiger partial charge in [-0.1, -0.05) is 16.8 Å². The Balaban J connectivity index is 2.50. The van der Waals surface area contributed by atoms with Crippen LogP contribution in [0.4, 0.5) is 0 Å². The van der Waals surface area contributed by atoms with Gasteiger partial charge in [0.15, 0.2) is 0 Å². The van der Waals surface area contributed by atoms with Crippen molar-refractivity contribution in [1.29, 1.82) is 0 Å². The van der Waals surface area contributed by atoms with E-state index in [9.17, 15) is 0 Å². The van der Waals surface area contributed by atoms with Crippen LogP contribution < -0.4 is 4.74 Å². The van der Waals surface area contributed by atoms with Crippen LogP contribution in [0.25, 0.3) is 0 Å². The number of rotatable bonds is 0. The molecule has 0 radical (unpaired) electrons. The second kappa shape index (κ2) is 3.88. The first-order chi connectivity index (χ1) is 6.81. The highest BCUT2D eigenvalue weighted by atomic mass is 35.5. The first kappa shape index (κ1) is 9.34. The van der Waals surface area contributed by atoms with Gasteiger partial charge in [0.1, 0.15) is 5.75 Å². The van der Waals surface area contributed by atoms with E-state index in [0.717, 1.165) is 18.4 Å². The lowest BCUT2D eigenvalue weighted by atomic mass is 10.1. The van der Waals surface area contributed by atoms with Crippen LogP contribution in [0.3, 0.4) is 0 Å². The summed E-state index contributed by atoms with van der Waals surface area (Å²) in [7, 11) is 0. The Bertz CT molecular complexity index is 376. The van der Waals surface area contributed by atoms with E-state index < -0.39 is 0 Å². The molecule has 0 fully saturated rings. The molecule has 4 heteroatoms. The van der Waals surface area contributed by atoms with Gasteiger partial charge in [0, 0.05) is 10.6 Å². The number of oxime groups is 1. The lowest BCUT2D eigenvalue weighted by molar-refractivity contribution is 0.314. The SMILES string of the molecule is ON=C1CCCOc2cc(Cl)ccc21. The van der Waals surface area contributed by atoms with E-state index in [1.165, 1.54) is 0 Å². The third kappa shape index (κ3) is 1.68. The maximum absolute atomic E-state index is 8.83. The lowest BCUT2D eigenvalue weighted by Gasteiger charge is -2.06. The summed E-state index contributed by atoms with van der Waals surface area (Å²) in [5, 5.41) is 12.7. The molecule has 1 N–H and O–H groups in total. The number of nitrogens with zero attached hydrogens (tertiary/aromatic N) is 1. The van der Waals surface area contributed by atoms with Crippen molar-refractivity contribution in [1.82, 2.24) is 0 Å². The Labute approximate surface area is 86.9 Å². The summed E-state index contributed by atoms with van der Waals surface area (Å²) in [5.74, 6) is 0.697. The number of fused-ring (bicyclic) bond motifs is 1. The third-order valence-electron chi connectivity index (χ3n) is 2.19. The zero-order valence-corrected chi connectivity index (χ0v) is 8.29. The van der Waals surface area contributed by atoms with Gasteiger partial charge in [0.25, 0.3) is 0 Å². The van der Waals surface area contributed by atoms with Crippen LogP contribution in [0, 0.1) is 0 Å². The van der Waals surface area contributed by atoms with E-state index in [-0.39, 0.29) is 0 Å². The molecule has 1 aliphatic heterocycles. The molecule has 0 spiro atoms. The second-order valence-corrected chi connectivity index (χ2v) is 3.58. The molecule has 0 aromatic heterocycles. The third-order valence-corrected chi connectivity index (χ3v) is 2.43. The van der Waals surface area contributed by atoms with E-state index in [4.69, 9.17) is 21.5 Å². The monoisotopic (exact) mass is 211 g/mol. The Hall–Kier alpha value is -1.22. The molecule has 1 heterocycles. The number of benzene rings is 1. The van der Waals surface area contributed by atoms with E-state index in [1.54, 1.807) is 12.1 Å². The average molecular weight is 212 g/mol. The molecular formula is C10H10ClNO2. The van der Waals surface area contributed by atoms with Crippen LogP contribution in [-0.2, 0) is 0 Å². The predicted molar refractivity (Wildman–Crippen MR) is 54.5 cm³/mol. The summed E-state index contributed by atoms with van der Waals surface area (Å²) >= 11 is 5.84. The molecular weight excluding hydrogens is 202 g/mol. The predicted octanol–water partition coefficient (Wildman–Crippen LogP) is 2.69. The molecule has 74 valence electrons. The van der Waals surface area contributed by atoms with Crippen LogP contribution in [0.5, 0.6) is 5.75 Å². The van der Waals surface area contributed by atoms with Crippen LogP contribution in [0.1, 0.15) is 18.4 Å². The van der Waals surface area contributed by atoms with Crippen LogP contribution in [0.2, 0.25) is 5.02 Å². The Morgan fingerprint density at radius 1 is 1.43 bits per heavy atom. The van der Waals surface area contributed by atoms with E-state index in [2.05, 4.69) is 5.16 Å². The Kier molecular flexibility index (Phi) is 2.59. The smallest absolute Gasteiger partial charge is 0.129 e. The maximum Gasteiger partial charge on any atom is 0.129 e. The maximum atomic E-state index is 8.83. The highest BCUT2D eigenvalue weighted by molar-refractivity contribution is 6.30. The summed E-state index contributed by atoms with van der Waals surface area (Å²) in [5.41, 5.74) is 1.49. The number of hydrogen-bond donors (Lipinski definition) is 1. The van der Waals surface area contributed by atoms with Crippen molar-refractivity contribution in [3.8, 4) is 5.75 Å². The van der Waals surface area contributed by atoms with Crippen LogP contribution >= 0.6 is 11.6 Å². The zero-order chi connectivity index (χ0) is 9.97. The van der Waals surface area contributed by atoms with Gasteiger partial charge < -0.3 is 9.94 Å². The minimum absolute atomic E-state index is 0.628. The van der Waals surface area contributed by atoms with Gasteiger partial charge in [0.2, 0.25) is 0 Å². The van der Waals surface area contributed by atoms with Crippen molar-refractivity contribution in [3.05, 3.63) is 28.8 Å². The molecule has 3 nitrogen and oxygen atoms in total. The molecule has 0 unspecified atom stereocenters. The minimum atomic E-state index is 0.628. The minimum Gasteiger partial charge on any atom is -0.493 e. The first-order valence-corrected chi connectivity index (χ1v) is 4.82. The molecule has 14 heavy (non-hydrogen) atoms. The molecule has 0 aliphatic carbocycles. The molecule has 0 saturated heterocycles. The largest absolute Gasteiger partial charge is 0.493 e. The summed E-state index contributed by atoms with van der Waals surface area (Å²) < 4.78 is 5.48.